The van der Waals surface area contributed by atoms with Gasteiger partial charge in [-0.15, -0.1) is 0 Å². The summed E-state index contributed by atoms with van der Waals surface area (Å²) < 4.78 is 16.3. The van der Waals surface area contributed by atoms with Gasteiger partial charge in [0.2, 0.25) is 0 Å². The molecule has 4 heteroatoms. The average molecular weight is 399 g/mol. The first kappa shape index (κ1) is 25.4. The van der Waals surface area contributed by atoms with E-state index in [4.69, 9.17) is 14.2 Å². The molecule has 1 aliphatic heterocycles. The lowest BCUT2D eigenvalue weighted by atomic mass is 10.0. The van der Waals surface area contributed by atoms with Crippen molar-refractivity contribution < 1.29 is 19.0 Å². The second-order valence-corrected chi connectivity index (χ2v) is 8.31. The van der Waals surface area contributed by atoms with Gasteiger partial charge in [-0.3, -0.25) is 4.79 Å². The van der Waals surface area contributed by atoms with Crippen LogP contribution in [0.4, 0.5) is 0 Å². The van der Waals surface area contributed by atoms with Gasteiger partial charge in [0.15, 0.2) is 6.29 Å². The first-order valence-electron chi connectivity index (χ1n) is 12.2. The molecule has 166 valence electrons. The molecule has 1 fully saturated rings. The number of ether oxygens (including phenoxy) is 3. The molecule has 0 amide bonds. The van der Waals surface area contributed by atoms with Crippen LogP contribution in [0.3, 0.4) is 0 Å². The Morgan fingerprint density at radius 2 is 1.18 bits per heavy atom. The molecule has 0 aromatic rings. The molecule has 0 aliphatic carbocycles. The summed E-state index contributed by atoms with van der Waals surface area (Å²) in [4.78, 5) is 10.6. The average Bonchev–Trinajstić information content (AvgIpc) is 2.70. The van der Waals surface area contributed by atoms with Gasteiger partial charge in [0.1, 0.15) is 0 Å². The van der Waals surface area contributed by atoms with Crippen molar-refractivity contribution in [3.05, 3.63) is 0 Å². The van der Waals surface area contributed by atoms with Gasteiger partial charge in [-0.2, -0.15) is 0 Å². The molecular formula is C24H46O4. The Kier molecular flexibility index (Phi) is 17.9. The number of carbonyl (C=O) groups excluding carboxylic acids is 1. The lowest BCUT2D eigenvalue weighted by molar-refractivity contribution is -0.162. The lowest BCUT2D eigenvalue weighted by Gasteiger charge is -2.22. The van der Waals surface area contributed by atoms with Crippen molar-refractivity contribution >= 4 is 5.97 Å². The number of unbranched alkanes of at least 4 members (excludes halogenated alkanes) is 14. The molecule has 0 N–H and O–H groups in total. The zero-order valence-electron chi connectivity index (χ0n) is 18.6. The second kappa shape index (κ2) is 19.7. The first-order valence-corrected chi connectivity index (χ1v) is 12.2. The van der Waals surface area contributed by atoms with Crippen LogP contribution < -0.4 is 0 Å². The molecule has 1 atom stereocenters. The highest BCUT2D eigenvalue weighted by Crippen LogP contribution is 2.15. The monoisotopic (exact) mass is 398 g/mol. The molecule has 0 spiro atoms. The van der Waals surface area contributed by atoms with Crippen LogP contribution >= 0.6 is 0 Å². The summed E-state index contributed by atoms with van der Waals surface area (Å²) in [6.07, 6.45) is 23.4. The van der Waals surface area contributed by atoms with E-state index < -0.39 is 0 Å². The predicted molar refractivity (Wildman–Crippen MR) is 115 cm³/mol. The van der Waals surface area contributed by atoms with Crippen molar-refractivity contribution in [2.75, 3.05) is 19.8 Å². The van der Waals surface area contributed by atoms with E-state index in [1.54, 1.807) is 0 Å². The lowest BCUT2D eigenvalue weighted by Crippen LogP contribution is -2.22. The summed E-state index contributed by atoms with van der Waals surface area (Å²) in [6, 6.07) is 0. The third kappa shape index (κ3) is 17.5. The van der Waals surface area contributed by atoms with E-state index >= 15 is 0 Å². The van der Waals surface area contributed by atoms with Gasteiger partial charge in [-0.25, -0.2) is 0 Å². The Morgan fingerprint density at radius 1 is 0.714 bits per heavy atom. The number of hydrogen-bond acceptors (Lipinski definition) is 4. The summed E-state index contributed by atoms with van der Waals surface area (Å²) >= 11 is 0. The summed E-state index contributed by atoms with van der Waals surface area (Å²) in [5.74, 6) is -0.157. The largest absolute Gasteiger partial charge is 0.466 e. The van der Waals surface area contributed by atoms with Crippen molar-refractivity contribution in [1.82, 2.24) is 0 Å². The van der Waals surface area contributed by atoms with Crippen LogP contribution in [0.2, 0.25) is 0 Å². The van der Waals surface area contributed by atoms with Crippen molar-refractivity contribution in [1.29, 1.82) is 0 Å². The minimum absolute atomic E-state index is 0.0843. The van der Waals surface area contributed by atoms with Gasteiger partial charge in [0.05, 0.1) is 6.61 Å². The Morgan fingerprint density at radius 3 is 1.61 bits per heavy atom. The highest BCUT2D eigenvalue weighted by molar-refractivity contribution is 5.65. The zero-order valence-corrected chi connectivity index (χ0v) is 18.6. The molecule has 0 saturated carbocycles. The van der Waals surface area contributed by atoms with Crippen molar-refractivity contribution in [2.24, 2.45) is 0 Å². The van der Waals surface area contributed by atoms with Crippen LogP contribution in [0.25, 0.3) is 0 Å². The Balaban J connectivity index is 1.65. The van der Waals surface area contributed by atoms with Gasteiger partial charge < -0.3 is 14.2 Å². The van der Waals surface area contributed by atoms with Gasteiger partial charge in [-0.05, 0) is 32.1 Å². The fraction of sp³-hybridized carbons (Fsp3) is 0.958. The smallest absolute Gasteiger partial charge is 0.302 e. The standard InChI is InChI=1S/C24H46O4/c1-23(25)26-20-16-13-11-9-7-5-3-2-4-6-8-10-12-14-17-21-27-24-19-15-18-22-28-24/h24H,2-22H2,1H3. The third-order valence-corrected chi connectivity index (χ3v) is 5.54. The quantitative estimate of drug-likeness (QED) is 0.174. The predicted octanol–water partition coefficient (Wildman–Crippen LogP) is 6.94. The number of hydrogen-bond donors (Lipinski definition) is 0. The van der Waals surface area contributed by atoms with Gasteiger partial charge in [0, 0.05) is 20.1 Å². The van der Waals surface area contributed by atoms with Crippen LogP contribution in [0.5, 0.6) is 0 Å². The molecule has 1 unspecified atom stereocenters. The van der Waals surface area contributed by atoms with Crippen LogP contribution in [0, 0.1) is 0 Å². The summed E-state index contributed by atoms with van der Waals surface area (Å²) in [5.41, 5.74) is 0. The molecular weight excluding hydrogens is 352 g/mol. The maximum atomic E-state index is 10.6. The van der Waals surface area contributed by atoms with E-state index in [0.717, 1.165) is 26.1 Å². The molecule has 1 aliphatic rings. The van der Waals surface area contributed by atoms with Crippen molar-refractivity contribution in [2.45, 2.75) is 129 Å². The van der Waals surface area contributed by atoms with E-state index in [1.165, 1.54) is 110 Å². The topological polar surface area (TPSA) is 44.8 Å². The Labute approximate surface area is 174 Å². The van der Waals surface area contributed by atoms with E-state index in [-0.39, 0.29) is 12.3 Å². The second-order valence-electron chi connectivity index (χ2n) is 8.31. The van der Waals surface area contributed by atoms with Gasteiger partial charge >= 0.3 is 5.97 Å². The minimum atomic E-state index is -0.157. The van der Waals surface area contributed by atoms with E-state index in [0.29, 0.717) is 6.61 Å². The fourth-order valence-electron chi connectivity index (χ4n) is 3.78. The van der Waals surface area contributed by atoms with Crippen molar-refractivity contribution in [3.8, 4) is 0 Å². The summed E-state index contributed by atoms with van der Waals surface area (Å²) in [6.45, 7) is 3.82. The van der Waals surface area contributed by atoms with Crippen LogP contribution in [-0.4, -0.2) is 32.1 Å². The normalized spacial score (nSPS) is 17.0. The Hall–Kier alpha value is -0.610. The molecule has 1 rings (SSSR count). The van der Waals surface area contributed by atoms with E-state index in [1.807, 2.05) is 0 Å². The highest BCUT2D eigenvalue weighted by atomic mass is 16.7. The molecule has 1 saturated heterocycles. The van der Waals surface area contributed by atoms with Crippen LogP contribution in [0.1, 0.15) is 122 Å². The Bertz CT molecular complexity index is 339. The molecule has 1 heterocycles. The minimum Gasteiger partial charge on any atom is -0.466 e. The van der Waals surface area contributed by atoms with E-state index in [9.17, 15) is 4.79 Å². The molecule has 28 heavy (non-hydrogen) atoms. The molecule has 0 aromatic heterocycles. The van der Waals surface area contributed by atoms with Crippen molar-refractivity contribution in [3.63, 3.8) is 0 Å². The maximum absolute atomic E-state index is 10.6. The fourth-order valence-corrected chi connectivity index (χ4v) is 3.78. The molecule has 0 radical (unpaired) electrons. The molecule has 4 nitrogen and oxygen atoms in total. The van der Waals surface area contributed by atoms with Gasteiger partial charge in [0.25, 0.3) is 0 Å². The third-order valence-electron chi connectivity index (χ3n) is 5.54. The SMILES string of the molecule is CC(=O)OCCCCCCCCCCCCCCCCCOC1CCCCO1. The maximum Gasteiger partial charge on any atom is 0.302 e. The summed E-state index contributed by atoms with van der Waals surface area (Å²) in [7, 11) is 0. The number of esters is 1. The van der Waals surface area contributed by atoms with E-state index in [2.05, 4.69) is 0 Å². The summed E-state index contributed by atoms with van der Waals surface area (Å²) in [5, 5.41) is 0. The molecule has 0 bridgehead atoms. The number of carbonyl (C=O) groups is 1. The van der Waals surface area contributed by atoms with Crippen LogP contribution in [-0.2, 0) is 19.0 Å². The zero-order chi connectivity index (χ0) is 20.1. The van der Waals surface area contributed by atoms with Crippen LogP contribution in [0.15, 0.2) is 0 Å². The molecule has 0 aromatic carbocycles. The van der Waals surface area contributed by atoms with Gasteiger partial charge in [-0.1, -0.05) is 83.5 Å². The highest BCUT2D eigenvalue weighted by Gasteiger charge is 2.13. The first-order chi connectivity index (χ1) is 13.8. The number of rotatable bonds is 19.